The molecule has 9 heteroatoms. The number of pyridine rings is 1. The van der Waals surface area contributed by atoms with Crippen molar-refractivity contribution < 1.29 is 9.84 Å². The fourth-order valence-electron chi connectivity index (χ4n) is 4.93. The van der Waals surface area contributed by atoms with Crippen LogP contribution >= 0.6 is 0 Å². The van der Waals surface area contributed by atoms with Gasteiger partial charge in [-0.2, -0.15) is 15.5 Å². The van der Waals surface area contributed by atoms with E-state index < -0.39 is 5.60 Å². The number of benzene rings is 1. The summed E-state index contributed by atoms with van der Waals surface area (Å²) in [4.78, 5) is 6.57. The van der Waals surface area contributed by atoms with Crippen LogP contribution in [0.15, 0.2) is 36.7 Å². The van der Waals surface area contributed by atoms with E-state index in [4.69, 9.17) is 15.9 Å². The average Bonchev–Trinajstić information content (AvgIpc) is 3.35. The maximum Gasteiger partial charge on any atom is 0.146 e. The van der Waals surface area contributed by atoms with Crippen LogP contribution in [-0.2, 0) is 0 Å². The van der Waals surface area contributed by atoms with E-state index in [2.05, 4.69) is 21.3 Å². The number of hydrogen-bond acceptors (Lipinski definition) is 9. The van der Waals surface area contributed by atoms with E-state index in [1.807, 2.05) is 39.5 Å². The second kappa shape index (κ2) is 10.1. The number of nitrogen functional groups attached to an aromatic ring is 1. The van der Waals surface area contributed by atoms with Gasteiger partial charge >= 0.3 is 0 Å². The molecule has 0 amide bonds. The lowest BCUT2D eigenvalue weighted by molar-refractivity contribution is 0.0263. The Labute approximate surface area is 217 Å². The second-order valence-electron chi connectivity index (χ2n) is 10.2. The van der Waals surface area contributed by atoms with Crippen LogP contribution in [0.1, 0.15) is 66.8 Å². The quantitative estimate of drug-likeness (QED) is 0.325. The van der Waals surface area contributed by atoms with Gasteiger partial charge in [-0.05, 0) is 70.9 Å². The number of rotatable bonds is 7. The van der Waals surface area contributed by atoms with Crippen molar-refractivity contribution in [3.8, 4) is 11.8 Å². The predicted octanol–water partition coefficient (Wildman–Crippen LogP) is 4.10. The third-order valence-electron chi connectivity index (χ3n) is 7.05. The molecular formula is C28H33N7O2. The van der Waals surface area contributed by atoms with Crippen molar-refractivity contribution >= 4 is 17.2 Å². The average molecular weight is 500 g/mol. The first-order valence-corrected chi connectivity index (χ1v) is 12.3. The molecule has 9 nitrogen and oxygen atoms in total. The monoisotopic (exact) mass is 499 g/mol. The Morgan fingerprint density at radius 3 is 2.70 bits per heavy atom. The molecule has 0 radical (unpaired) electrons. The molecule has 1 fully saturated rings. The lowest BCUT2D eigenvalue weighted by Crippen LogP contribution is -2.33. The van der Waals surface area contributed by atoms with E-state index >= 15 is 0 Å². The Morgan fingerprint density at radius 2 is 2.05 bits per heavy atom. The molecule has 2 atom stereocenters. The highest BCUT2D eigenvalue weighted by Gasteiger charge is 2.34. The largest absolute Gasteiger partial charge is 0.486 e. The number of aliphatic hydroxyl groups is 1. The van der Waals surface area contributed by atoms with Gasteiger partial charge in [0.2, 0.25) is 0 Å². The number of nitrogens with one attached hydrogen (secondary N) is 1. The highest BCUT2D eigenvalue weighted by molar-refractivity contribution is 6.14. The minimum atomic E-state index is -0.795. The molecule has 3 aromatic rings. The van der Waals surface area contributed by atoms with Crippen LogP contribution in [0, 0.1) is 36.5 Å². The van der Waals surface area contributed by atoms with Crippen LogP contribution in [0.25, 0.3) is 0 Å². The van der Waals surface area contributed by atoms with Crippen LogP contribution in [0.2, 0.25) is 0 Å². The Kier molecular flexibility index (Phi) is 7.14. The summed E-state index contributed by atoms with van der Waals surface area (Å²) in [6.07, 6.45) is 3.86. The minimum Gasteiger partial charge on any atom is -0.486 e. The van der Waals surface area contributed by atoms with Crippen LogP contribution in [0.4, 0.5) is 11.5 Å². The summed E-state index contributed by atoms with van der Waals surface area (Å²) in [5, 5.41) is 37.2. The van der Waals surface area contributed by atoms with Gasteiger partial charge in [-0.3, -0.25) is 5.41 Å². The van der Waals surface area contributed by atoms with E-state index in [1.54, 1.807) is 36.7 Å². The Hall–Kier alpha value is -4.03. The molecule has 3 heterocycles. The third kappa shape index (κ3) is 5.39. The van der Waals surface area contributed by atoms with Crippen molar-refractivity contribution in [2.24, 2.45) is 5.92 Å². The van der Waals surface area contributed by atoms with Crippen molar-refractivity contribution in [2.75, 3.05) is 23.7 Å². The lowest BCUT2D eigenvalue weighted by atomic mass is 9.90. The van der Waals surface area contributed by atoms with Gasteiger partial charge in [0.25, 0.3) is 0 Å². The molecule has 1 saturated heterocycles. The van der Waals surface area contributed by atoms with Gasteiger partial charge in [0.05, 0.1) is 28.8 Å². The third-order valence-corrected chi connectivity index (χ3v) is 7.05. The summed E-state index contributed by atoms with van der Waals surface area (Å²) in [6.45, 7) is 10.8. The zero-order chi connectivity index (χ0) is 26.9. The number of anilines is 2. The molecule has 1 aliphatic heterocycles. The summed E-state index contributed by atoms with van der Waals surface area (Å²) in [5.74, 6) is 1.23. The molecule has 0 bridgehead atoms. The number of nitrogens with zero attached hydrogens (tertiary/aromatic N) is 5. The summed E-state index contributed by atoms with van der Waals surface area (Å²) < 4.78 is 6.20. The summed E-state index contributed by atoms with van der Waals surface area (Å²) >= 11 is 0. The predicted molar refractivity (Wildman–Crippen MR) is 143 cm³/mol. The first kappa shape index (κ1) is 26.0. The van der Waals surface area contributed by atoms with Crippen LogP contribution in [-0.4, -0.2) is 44.7 Å². The molecule has 37 heavy (non-hydrogen) atoms. The number of ether oxygens (including phenoxy) is 1. The van der Waals surface area contributed by atoms with Crippen LogP contribution in [0.3, 0.4) is 0 Å². The number of nitrogens with two attached hydrogens (primary N) is 1. The first-order valence-electron chi connectivity index (χ1n) is 12.3. The summed E-state index contributed by atoms with van der Waals surface area (Å²) in [5.41, 5.74) is 10.2. The molecule has 0 spiro atoms. The molecule has 1 aliphatic rings. The van der Waals surface area contributed by atoms with Gasteiger partial charge in [0.1, 0.15) is 23.7 Å². The smallest absolute Gasteiger partial charge is 0.146 e. The van der Waals surface area contributed by atoms with E-state index in [1.165, 1.54) is 0 Å². The maximum absolute atomic E-state index is 10.4. The Balaban J connectivity index is 1.58. The number of hydrogen-bond donors (Lipinski definition) is 3. The molecular weight excluding hydrogens is 466 g/mol. The Morgan fingerprint density at radius 1 is 1.30 bits per heavy atom. The van der Waals surface area contributed by atoms with E-state index in [-0.39, 0.29) is 17.7 Å². The van der Waals surface area contributed by atoms with Gasteiger partial charge in [-0.1, -0.05) is 0 Å². The zero-order valence-electron chi connectivity index (χ0n) is 21.9. The van der Waals surface area contributed by atoms with Gasteiger partial charge in [0.15, 0.2) is 0 Å². The van der Waals surface area contributed by atoms with Crippen molar-refractivity contribution in [2.45, 2.75) is 52.7 Å². The lowest BCUT2D eigenvalue weighted by Gasteiger charge is -2.26. The summed E-state index contributed by atoms with van der Waals surface area (Å²) in [7, 11) is 0. The highest BCUT2D eigenvalue weighted by Crippen LogP contribution is 2.32. The van der Waals surface area contributed by atoms with Gasteiger partial charge in [-0.15, -0.1) is 0 Å². The number of aromatic nitrogens is 3. The van der Waals surface area contributed by atoms with Gasteiger partial charge < -0.3 is 20.5 Å². The van der Waals surface area contributed by atoms with E-state index in [0.29, 0.717) is 47.0 Å². The molecule has 4 rings (SSSR count). The van der Waals surface area contributed by atoms with Crippen molar-refractivity contribution in [3.05, 3.63) is 70.2 Å². The molecule has 0 unspecified atom stereocenters. The highest BCUT2D eigenvalue weighted by atomic mass is 16.5. The normalized spacial score (nSPS) is 16.4. The Bertz CT molecular complexity index is 1350. The fraction of sp³-hybridized carbons (Fsp3) is 0.393. The molecule has 2 aromatic heterocycles. The van der Waals surface area contributed by atoms with Crippen molar-refractivity contribution in [1.29, 1.82) is 10.7 Å². The van der Waals surface area contributed by atoms with Crippen molar-refractivity contribution in [3.63, 3.8) is 0 Å². The zero-order valence-corrected chi connectivity index (χ0v) is 21.9. The van der Waals surface area contributed by atoms with Crippen LogP contribution < -0.4 is 15.4 Å². The molecule has 4 N–H and O–H groups in total. The van der Waals surface area contributed by atoms with E-state index in [0.717, 1.165) is 23.2 Å². The molecule has 0 aliphatic carbocycles. The fourth-order valence-corrected chi connectivity index (χ4v) is 4.93. The summed E-state index contributed by atoms with van der Waals surface area (Å²) in [6, 6.07) is 9.12. The molecule has 0 saturated carbocycles. The van der Waals surface area contributed by atoms with Gasteiger partial charge in [0, 0.05) is 47.6 Å². The standard InChI is InChI=1S/C28H33N7O2/c1-16-13-33-34-17(2)25(16)18(3)37-22-6-7-24(30)23(11-22)26(31)20-10-19(12-29)27(32-14-20)35-9-8-21(15-35)28(4,5)36/h6-7,10-11,13-14,18,21,31,36H,8-9,15,30H2,1-5H3/t18-,21-/m1/s1. The van der Waals surface area contributed by atoms with Gasteiger partial charge in [-0.25, -0.2) is 4.98 Å². The van der Waals surface area contributed by atoms with Crippen LogP contribution in [0.5, 0.6) is 5.75 Å². The van der Waals surface area contributed by atoms with Crippen molar-refractivity contribution in [1.82, 2.24) is 15.2 Å². The second-order valence-corrected chi connectivity index (χ2v) is 10.2. The SMILES string of the molecule is Cc1cnnc(C)c1[C@@H](C)Oc1ccc(N)c(C(=N)c2cnc(N3CC[C@@H](C(C)(C)O)C3)c(C#N)c2)c1. The number of aryl methyl sites for hydroxylation is 2. The molecule has 1 aromatic carbocycles. The maximum atomic E-state index is 10.4. The molecule has 192 valence electrons. The number of nitriles is 1. The first-order chi connectivity index (χ1) is 17.5. The topological polar surface area (TPSA) is 145 Å². The minimum absolute atomic E-state index is 0.0965. The van der Waals surface area contributed by atoms with E-state index in [9.17, 15) is 10.4 Å².